The Morgan fingerprint density at radius 2 is 0.267 bits per heavy atom. The van der Waals surface area contributed by atoms with E-state index in [1.165, 1.54) is 0 Å². The maximum absolute atomic E-state index is 0. The van der Waals surface area contributed by atoms with Gasteiger partial charge >= 0.3 is 111 Å². The van der Waals surface area contributed by atoms with Crippen LogP contribution in [0.3, 0.4) is 0 Å². The van der Waals surface area contributed by atoms with E-state index in [0.29, 0.717) is 0 Å². The summed E-state index contributed by atoms with van der Waals surface area (Å²) in [4.78, 5) is 0. The minimum Gasteiger partial charge on any atom is -2.00 e. The molecule has 15 heteroatoms. The minimum atomic E-state index is 0. The molecule has 0 fully saturated rings. The average Bonchev–Trinajstić information content (AvgIpc) is 0. The molecule has 0 saturated heterocycles. The smallest absolute Gasteiger partial charge is 2.00 e. The summed E-state index contributed by atoms with van der Waals surface area (Å²) in [5.41, 5.74) is 0. The van der Waals surface area contributed by atoms with E-state index >= 15 is 0 Å². The van der Waals surface area contributed by atoms with Crippen molar-refractivity contribution in [3.8, 4) is 0 Å². The zero-order chi connectivity index (χ0) is 0. The van der Waals surface area contributed by atoms with Crippen molar-refractivity contribution in [2.24, 2.45) is 0 Å². The van der Waals surface area contributed by atoms with Crippen LogP contribution in [0, 0.1) is 0 Å². The summed E-state index contributed by atoms with van der Waals surface area (Å²) in [6, 6.07) is 0. The Kier molecular flexibility index (Phi) is 17000. The second-order valence-electron chi connectivity index (χ2n) is 0. The molecular weight excluding hydrogens is 469 g/mol. The van der Waals surface area contributed by atoms with Gasteiger partial charge in [-0.05, 0) is 0 Å². The summed E-state index contributed by atoms with van der Waals surface area (Å²) in [6.45, 7) is 0. The van der Waals surface area contributed by atoms with Gasteiger partial charge in [-0.1, -0.05) is 0 Å². The molecule has 98 valence electrons. The summed E-state index contributed by atoms with van der Waals surface area (Å²) < 4.78 is 0. The SMILES string of the molecule is [Fe+3].[Fe+3].[Ni+2].[Ni+2].[O-2].[O-2].[O-2].[O-2].[O-2].[O-2].[O-2].[O-2].[O-2].[Ti+4].[Ti+4]. The van der Waals surface area contributed by atoms with Gasteiger partial charge in [0.15, 0.2) is 0 Å². The van der Waals surface area contributed by atoms with Crippen molar-refractivity contribution < 1.29 is 160 Å². The first kappa shape index (κ1) is 552. The molecule has 0 bridgehead atoms. The van der Waals surface area contributed by atoms with Crippen LogP contribution in [0.15, 0.2) is 0 Å². The second-order valence-corrected chi connectivity index (χ2v) is 0. The normalized spacial score (nSPS) is 0. The number of hydrogen-bond donors (Lipinski definition) is 0. The largest absolute Gasteiger partial charge is 4.00 e. The van der Waals surface area contributed by atoms with Gasteiger partial charge in [0, 0.05) is 0 Å². The zero-order valence-corrected chi connectivity index (χ0v) is 13.3. The van der Waals surface area contributed by atoms with Crippen molar-refractivity contribution in [3.63, 3.8) is 0 Å². The molecule has 0 aromatic carbocycles. The number of rotatable bonds is 0. The molecule has 0 heterocycles. The van der Waals surface area contributed by atoms with Crippen LogP contribution in [0.5, 0.6) is 0 Å². The zero-order valence-electron chi connectivity index (χ0n) is 6.01. The fraction of sp³-hybridized carbons (Fsp3) is 0. The van der Waals surface area contributed by atoms with E-state index in [-0.39, 0.29) is 160 Å². The summed E-state index contributed by atoms with van der Waals surface area (Å²) in [7, 11) is 0. The summed E-state index contributed by atoms with van der Waals surface area (Å²) in [5, 5.41) is 0. The summed E-state index contributed by atoms with van der Waals surface area (Å²) >= 11 is 0. The van der Waals surface area contributed by atoms with E-state index in [1.807, 2.05) is 0 Å². The molecule has 0 spiro atoms. The maximum atomic E-state index is 0. The molecule has 0 N–H and O–H groups in total. The fourth-order valence-corrected chi connectivity index (χ4v) is 0. The van der Waals surface area contributed by atoms with Crippen LogP contribution in [0.25, 0.3) is 0 Å². The maximum Gasteiger partial charge on any atom is 4.00 e. The molecule has 0 unspecified atom stereocenters. The van der Waals surface area contributed by atoms with Gasteiger partial charge in [0.05, 0.1) is 0 Å². The van der Waals surface area contributed by atoms with Gasteiger partial charge in [-0.2, -0.15) is 0 Å². The van der Waals surface area contributed by atoms with Crippen LogP contribution in [0.2, 0.25) is 0 Å². The van der Waals surface area contributed by atoms with E-state index in [9.17, 15) is 0 Å². The second kappa shape index (κ2) is 462. The Morgan fingerprint density at radius 3 is 0.267 bits per heavy atom. The van der Waals surface area contributed by atoms with Gasteiger partial charge in [0.1, 0.15) is 0 Å². The Balaban J connectivity index is 0. The number of hydrogen-bond acceptors (Lipinski definition) is 0. The van der Waals surface area contributed by atoms with Gasteiger partial charge in [0.2, 0.25) is 0 Å². The van der Waals surface area contributed by atoms with Crippen LogP contribution in [0.4, 0.5) is 0 Å². The summed E-state index contributed by atoms with van der Waals surface area (Å²) in [5.74, 6) is 0. The monoisotopic (exact) mass is 468 g/mol. The fourth-order valence-electron chi connectivity index (χ4n) is 0. The first-order valence-corrected chi connectivity index (χ1v) is 0. The van der Waals surface area contributed by atoms with Gasteiger partial charge in [-0.15, -0.1) is 0 Å². The third kappa shape index (κ3) is 407. The molecule has 0 aromatic heterocycles. The molecule has 9 nitrogen and oxygen atoms in total. The summed E-state index contributed by atoms with van der Waals surface area (Å²) in [6.07, 6.45) is 0. The molecule has 15 heavy (non-hydrogen) atoms. The standard InChI is InChI=1S/2Fe.2Ni.9O.2Ti/q2*+3;2*+2;9*-2;2*+4. The van der Waals surface area contributed by atoms with Crippen LogP contribution in [0.1, 0.15) is 0 Å². The molecule has 0 rings (SSSR count). The van der Waals surface area contributed by atoms with Crippen molar-refractivity contribution in [2.75, 3.05) is 0 Å². The quantitative estimate of drug-likeness (QED) is 0.384. The van der Waals surface area contributed by atoms with Crippen molar-refractivity contribution in [2.45, 2.75) is 0 Å². The third-order valence-corrected chi connectivity index (χ3v) is 0. The van der Waals surface area contributed by atoms with E-state index in [0.717, 1.165) is 0 Å². The predicted molar refractivity (Wildman–Crippen MR) is 6.18 cm³/mol. The van der Waals surface area contributed by atoms with Crippen LogP contribution in [-0.4, -0.2) is 0 Å². The third-order valence-electron chi connectivity index (χ3n) is 0. The molecule has 0 amide bonds. The van der Waals surface area contributed by atoms with Crippen molar-refractivity contribution in [3.05, 3.63) is 0 Å². The first-order valence-electron chi connectivity index (χ1n) is 0. The predicted octanol–water partition coefficient (Wildman–Crippen LogP) is -1.08. The Morgan fingerprint density at radius 1 is 0.267 bits per heavy atom. The van der Waals surface area contributed by atoms with Crippen LogP contribution < -0.4 is 0 Å². The Labute approximate surface area is 158 Å². The minimum absolute atomic E-state index is 0. The molecule has 0 saturated carbocycles. The average molecular weight is 469 g/mol. The Bertz CT molecular complexity index is 24.1. The van der Waals surface area contributed by atoms with Gasteiger partial charge < -0.3 is 49.3 Å². The van der Waals surface area contributed by atoms with Crippen molar-refractivity contribution >= 4 is 0 Å². The molecule has 0 aliphatic rings. The van der Waals surface area contributed by atoms with Crippen molar-refractivity contribution in [1.29, 1.82) is 0 Å². The van der Waals surface area contributed by atoms with E-state index in [2.05, 4.69) is 0 Å². The van der Waals surface area contributed by atoms with E-state index in [1.54, 1.807) is 0 Å². The van der Waals surface area contributed by atoms with E-state index < -0.39 is 0 Å². The van der Waals surface area contributed by atoms with Gasteiger partial charge in [-0.25, -0.2) is 0 Å². The van der Waals surface area contributed by atoms with Gasteiger partial charge in [-0.3, -0.25) is 0 Å². The van der Waals surface area contributed by atoms with Gasteiger partial charge in [0.25, 0.3) is 0 Å². The van der Waals surface area contributed by atoms with Crippen LogP contribution in [-0.2, 0) is 160 Å². The topological polar surface area (TPSA) is 256 Å². The van der Waals surface area contributed by atoms with Crippen molar-refractivity contribution in [1.82, 2.24) is 0 Å². The molecule has 2 radical (unpaired) electrons. The first-order chi connectivity index (χ1) is 0. The molecule has 0 aromatic rings. The van der Waals surface area contributed by atoms with E-state index in [4.69, 9.17) is 0 Å². The Hall–Kier alpha value is 3.09. The molecule has 0 atom stereocenters. The molecule has 0 aliphatic heterocycles. The molecular formula is Fe2Ni2O9Ti2. The van der Waals surface area contributed by atoms with Crippen LogP contribution >= 0.6 is 0 Å². The molecule has 0 aliphatic carbocycles.